The molecule has 0 bridgehead atoms. The van der Waals surface area contributed by atoms with Crippen LogP contribution in [0.25, 0.3) is 0 Å². The first-order chi connectivity index (χ1) is 32.1. The number of aliphatic hydroxyl groups excluding tert-OH is 3. The molecule has 0 saturated carbocycles. The molecule has 0 unspecified atom stereocenters. The van der Waals surface area contributed by atoms with Gasteiger partial charge in [0.1, 0.15) is 37.1 Å². The van der Waals surface area contributed by atoms with E-state index >= 15 is 0 Å². The molecule has 9 nitrogen and oxygen atoms in total. The van der Waals surface area contributed by atoms with E-state index in [-0.39, 0.29) is 52.3 Å². The van der Waals surface area contributed by atoms with E-state index in [2.05, 4.69) is 153 Å². The lowest BCUT2D eigenvalue weighted by Gasteiger charge is -2.35. The molecular weight excluding hydrogens is 865 g/mol. The van der Waals surface area contributed by atoms with Gasteiger partial charge in [-0.1, -0.05) is 140 Å². The molecule has 3 rings (SSSR count). The van der Waals surface area contributed by atoms with Gasteiger partial charge in [0.05, 0.1) is 19.8 Å². The SMILES string of the molecule is Cc1cc(C(C)(C)CC(C)(C)C)cc(Cc2cc(C(C)(C)CC(C)(C)C)cc(Cc3cc(C(C)(C)CC(C)(C)C)ccc3OCCOCCCO)c2OCCOCCCO)c1OCCOCCCO. The van der Waals surface area contributed by atoms with Crippen LogP contribution in [0.1, 0.15) is 187 Å². The van der Waals surface area contributed by atoms with Gasteiger partial charge >= 0.3 is 0 Å². The van der Waals surface area contributed by atoms with Crippen molar-refractivity contribution in [3.8, 4) is 17.2 Å². The van der Waals surface area contributed by atoms with Gasteiger partial charge in [-0.15, -0.1) is 0 Å². The van der Waals surface area contributed by atoms with Crippen molar-refractivity contribution in [2.75, 3.05) is 79.3 Å². The fourth-order valence-electron chi connectivity index (χ4n) is 10.6. The lowest BCUT2D eigenvalue weighted by Crippen LogP contribution is -2.26. The van der Waals surface area contributed by atoms with Crippen LogP contribution in [0, 0.1) is 23.2 Å². The van der Waals surface area contributed by atoms with Crippen LogP contribution in [-0.2, 0) is 43.3 Å². The molecule has 392 valence electrons. The molecule has 3 N–H and O–H groups in total. The fraction of sp³-hybridized carbons (Fsp3) is 0.700. The molecule has 0 heterocycles. The predicted octanol–water partition coefficient (Wildman–Crippen LogP) is 12.7. The van der Waals surface area contributed by atoms with Gasteiger partial charge in [0, 0.05) is 52.5 Å². The molecule has 9 heteroatoms. The van der Waals surface area contributed by atoms with Gasteiger partial charge in [-0.25, -0.2) is 0 Å². The minimum absolute atomic E-state index is 0.0719. The zero-order valence-corrected chi connectivity index (χ0v) is 46.5. The van der Waals surface area contributed by atoms with Crippen LogP contribution in [-0.4, -0.2) is 94.6 Å². The van der Waals surface area contributed by atoms with Crippen molar-refractivity contribution < 1.29 is 43.7 Å². The van der Waals surface area contributed by atoms with E-state index in [1.54, 1.807) is 0 Å². The van der Waals surface area contributed by atoms with E-state index in [1.807, 2.05) is 0 Å². The van der Waals surface area contributed by atoms with Crippen LogP contribution >= 0.6 is 0 Å². The standard InChI is InChI=1S/C60H98O9/c1-44-34-50(59(13,14)42-56(5,6)7)38-46(53(44)68-32-29-65-26-18-23-62)36-48-40-51(60(15,16)43-57(8,9)10)39-47(54(48)69-33-30-66-27-19-24-63)35-45-37-49(58(11,12)41-55(2,3)4)20-21-52(45)67-31-28-64-25-17-22-61/h20-21,34,37-40,61-63H,17-19,22-33,35-36,41-43H2,1-16H3. The van der Waals surface area contributed by atoms with Crippen LogP contribution in [0.4, 0.5) is 0 Å². The highest BCUT2D eigenvalue weighted by Gasteiger charge is 2.33. The van der Waals surface area contributed by atoms with Gasteiger partial charge in [-0.2, -0.15) is 0 Å². The topological polar surface area (TPSA) is 116 Å². The molecule has 3 aromatic carbocycles. The van der Waals surface area contributed by atoms with Gasteiger partial charge in [-0.3, -0.25) is 0 Å². The third-order valence-corrected chi connectivity index (χ3v) is 12.5. The van der Waals surface area contributed by atoms with Crippen LogP contribution in [0.2, 0.25) is 0 Å². The molecule has 0 aliphatic heterocycles. The van der Waals surface area contributed by atoms with Gasteiger partial charge in [0.2, 0.25) is 0 Å². The number of rotatable bonds is 31. The van der Waals surface area contributed by atoms with E-state index in [1.165, 1.54) is 16.7 Å². The summed E-state index contributed by atoms with van der Waals surface area (Å²) in [6.07, 6.45) is 5.88. The third kappa shape index (κ3) is 21.2. The Labute approximate surface area is 420 Å². The van der Waals surface area contributed by atoms with Crippen molar-refractivity contribution in [2.45, 2.75) is 178 Å². The summed E-state index contributed by atoms with van der Waals surface area (Å²) in [4.78, 5) is 0. The molecule has 0 atom stereocenters. The van der Waals surface area contributed by atoms with Crippen molar-refractivity contribution in [1.82, 2.24) is 0 Å². The number of aryl methyl sites for hydroxylation is 1. The summed E-state index contributed by atoms with van der Waals surface area (Å²) in [7, 11) is 0. The molecule has 0 radical (unpaired) electrons. The van der Waals surface area contributed by atoms with Crippen molar-refractivity contribution in [3.63, 3.8) is 0 Å². The van der Waals surface area contributed by atoms with Crippen LogP contribution in [0.5, 0.6) is 17.2 Å². The van der Waals surface area contributed by atoms with Crippen LogP contribution < -0.4 is 14.2 Å². The Bertz CT molecular complexity index is 1980. The Morgan fingerprint density at radius 3 is 1.14 bits per heavy atom. The number of hydrogen-bond acceptors (Lipinski definition) is 9. The second-order valence-corrected chi connectivity index (χ2v) is 25.1. The van der Waals surface area contributed by atoms with Crippen LogP contribution in [0.3, 0.4) is 0 Å². The Morgan fingerprint density at radius 2 is 0.725 bits per heavy atom. The number of aliphatic hydroxyl groups is 3. The second kappa shape index (κ2) is 27.0. The van der Waals surface area contributed by atoms with Crippen molar-refractivity contribution in [3.05, 3.63) is 87.0 Å². The average Bonchev–Trinajstić information content (AvgIpc) is 3.20. The highest BCUT2D eigenvalue weighted by atomic mass is 16.5. The van der Waals surface area contributed by atoms with Gasteiger partial charge in [0.15, 0.2) is 0 Å². The number of ether oxygens (including phenoxy) is 6. The Kier molecular flexibility index (Phi) is 23.6. The van der Waals surface area contributed by atoms with Crippen molar-refractivity contribution in [1.29, 1.82) is 0 Å². The summed E-state index contributed by atoms with van der Waals surface area (Å²) in [5, 5.41) is 28.1. The van der Waals surface area contributed by atoms with Crippen molar-refractivity contribution in [2.24, 2.45) is 16.2 Å². The second-order valence-electron chi connectivity index (χ2n) is 25.1. The van der Waals surface area contributed by atoms with E-state index in [4.69, 9.17) is 28.4 Å². The normalized spacial score (nSPS) is 13.0. The van der Waals surface area contributed by atoms with E-state index in [0.29, 0.717) is 91.6 Å². The Balaban J connectivity index is 2.41. The van der Waals surface area contributed by atoms with E-state index in [9.17, 15) is 15.3 Å². The van der Waals surface area contributed by atoms with Crippen molar-refractivity contribution >= 4 is 0 Å². The lowest BCUT2D eigenvalue weighted by atomic mass is 9.71. The van der Waals surface area contributed by atoms with Gasteiger partial charge < -0.3 is 43.7 Å². The molecule has 0 aliphatic carbocycles. The highest BCUT2D eigenvalue weighted by Crippen LogP contribution is 2.45. The summed E-state index contributed by atoms with van der Waals surface area (Å²) in [5.41, 5.74) is 9.13. The maximum atomic E-state index is 9.47. The maximum absolute atomic E-state index is 9.47. The Hall–Kier alpha value is -3.18. The summed E-state index contributed by atoms with van der Waals surface area (Å²) in [6, 6.07) is 16.1. The zero-order chi connectivity index (χ0) is 51.7. The largest absolute Gasteiger partial charge is 0.491 e. The fourth-order valence-corrected chi connectivity index (χ4v) is 10.6. The third-order valence-electron chi connectivity index (χ3n) is 12.5. The molecular formula is C60H98O9. The molecule has 0 amide bonds. The van der Waals surface area contributed by atoms with Gasteiger partial charge in [-0.05, 0) is 129 Å². The number of hydrogen-bond donors (Lipinski definition) is 3. The average molecular weight is 963 g/mol. The zero-order valence-electron chi connectivity index (χ0n) is 46.5. The molecule has 0 aromatic heterocycles. The number of benzene rings is 3. The monoisotopic (exact) mass is 963 g/mol. The molecule has 0 saturated heterocycles. The van der Waals surface area contributed by atoms with E-state index < -0.39 is 0 Å². The first-order valence-corrected chi connectivity index (χ1v) is 26.0. The predicted molar refractivity (Wildman–Crippen MR) is 285 cm³/mol. The molecule has 3 aromatic rings. The first-order valence-electron chi connectivity index (χ1n) is 26.0. The summed E-state index contributed by atoms with van der Waals surface area (Å²) >= 11 is 0. The minimum atomic E-state index is -0.187. The maximum Gasteiger partial charge on any atom is 0.126 e. The highest BCUT2D eigenvalue weighted by molar-refractivity contribution is 5.55. The Morgan fingerprint density at radius 1 is 0.377 bits per heavy atom. The van der Waals surface area contributed by atoms with E-state index in [0.717, 1.165) is 64.3 Å². The minimum Gasteiger partial charge on any atom is -0.491 e. The molecule has 69 heavy (non-hydrogen) atoms. The lowest BCUT2D eigenvalue weighted by molar-refractivity contribution is 0.0875. The molecule has 0 aliphatic rings. The summed E-state index contributed by atoms with van der Waals surface area (Å²) in [6.45, 7) is 41.1. The quantitative estimate of drug-likeness (QED) is 0.0542. The first kappa shape index (κ1) is 60.1. The smallest absolute Gasteiger partial charge is 0.126 e. The summed E-state index contributed by atoms with van der Waals surface area (Å²) in [5.74, 6) is 2.52. The summed E-state index contributed by atoms with van der Waals surface area (Å²) < 4.78 is 37.9. The molecule has 0 spiro atoms. The van der Waals surface area contributed by atoms with Crippen LogP contribution in [0.15, 0.2) is 42.5 Å². The van der Waals surface area contributed by atoms with Gasteiger partial charge in [0.25, 0.3) is 0 Å². The molecule has 0 fully saturated rings.